The summed E-state index contributed by atoms with van der Waals surface area (Å²) in [5.41, 5.74) is 0. The molecule has 0 unspecified atom stereocenters. The SMILES string of the molecule is CO[C@@H]1CN(C(=O)[C@@H](C)Cl)C[C@H]1O. The molecule has 1 fully saturated rings. The van der Waals surface area contributed by atoms with Gasteiger partial charge in [0.1, 0.15) is 11.5 Å². The number of alkyl halides is 1. The van der Waals surface area contributed by atoms with E-state index in [2.05, 4.69) is 0 Å². The summed E-state index contributed by atoms with van der Waals surface area (Å²) in [7, 11) is 1.52. The van der Waals surface area contributed by atoms with Gasteiger partial charge in [-0.25, -0.2) is 0 Å². The largest absolute Gasteiger partial charge is 0.388 e. The fraction of sp³-hybridized carbons (Fsp3) is 0.875. The van der Waals surface area contributed by atoms with Crippen molar-refractivity contribution in [3.05, 3.63) is 0 Å². The lowest BCUT2D eigenvalue weighted by molar-refractivity contribution is -0.130. The number of carbonyl (C=O) groups excluding carboxylic acids is 1. The smallest absolute Gasteiger partial charge is 0.240 e. The molecule has 0 aromatic carbocycles. The topological polar surface area (TPSA) is 49.8 Å². The summed E-state index contributed by atoms with van der Waals surface area (Å²) in [5, 5.41) is 8.89. The minimum Gasteiger partial charge on any atom is -0.388 e. The molecule has 0 radical (unpaired) electrons. The maximum absolute atomic E-state index is 11.4. The van der Waals surface area contributed by atoms with E-state index >= 15 is 0 Å². The first kappa shape index (κ1) is 10.8. The third kappa shape index (κ3) is 2.33. The number of aliphatic hydroxyl groups excluding tert-OH is 1. The lowest BCUT2D eigenvalue weighted by Gasteiger charge is -2.16. The second-order valence-electron chi connectivity index (χ2n) is 3.20. The molecular formula is C8H14ClNO3. The average Bonchev–Trinajstić information content (AvgIpc) is 2.45. The van der Waals surface area contributed by atoms with E-state index in [9.17, 15) is 9.90 Å². The molecular weight excluding hydrogens is 194 g/mol. The van der Waals surface area contributed by atoms with Gasteiger partial charge >= 0.3 is 0 Å². The van der Waals surface area contributed by atoms with Crippen LogP contribution in [0.1, 0.15) is 6.92 Å². The lowest BCUT2D eigenvalue weighted by atomic mass is 10.3. The summed E-state index contributed by atoms with van der Waals surface area (Å²) < 4.78 is 5.00. The number of β-amino-alcohol motifs (C(OH)–C–C–N with tert-alkyl or cyclic N) is 1. The molecule has 0 aromatic heterocycles. The van der Waals surface area contributed by atoms with Gasteiger partial charge in [-0.15, -0.1) is 11.6 Å². The van der Waals surface area contributed by atoms with Crippen LogP contribution in [0.15, 0.2) is 0 Å². The number of hydrogen-bond donors (Lipinski definition) is 1. The number of carbonyl (C=O) groups is 1. The second kappa shape index (κ2) is 4.26. The van der Waals surface area contributed by atoms with E-state index in [4.69, 9.17) is 16.3 Å². The molecule has 1 aliphatic heterocycles. The molecule has 1 amide bonds. The minimum absolute atomic E-state index is 0.153. The maximum Gasteiger partial charge on any atom is 0.240 e. The average molecular weight is 208 g/mol. The Morgan fingerprint density at radius 1 is 1.69 bits per heavy atom. The van der Waals surface area contributed by atoms with E-state index in [0.29, 0.717) is 13.1 Å². The number of nitrogens with zero attached hydrogens (tertiary/aromatic N) is 1. The summed E-state index contributed by atoms with van der Waals surface area (Å²) in [5.74, 6) is -0.153. The van der Waals surface area contributed by atoms with E-state index in [1.54, 1.807) is 6.92 Å². The van der Waals surface area contributed by atoms with Crippen molar-refractivity contribution in [2.75, 3.05) is 20.2 Å². The number of methoxy groups -OCH3 is 1. The molecule has 13 heavy (non-hydrogen) atoms. The molecule has 0 aliphatic carbocycles. The third-order valence-electron chi connectivity index (χ3n) is 2.19. The van der Waals surface area contributed by atoms with Crippen molar-refractivity contribution < 1.29 is 14.6 Å². The summed E-state index contributed by atoms with van der Waals surface area (Å²) in [6.07, 6.45) is -0.872. The van der Waals surface area contributed by atoms with Crippen LogP contribution in [0.4, 0.5) is 0 Å². The van der Waals surface area contributed by atoms with Crippen LogP contribution in [-0.4, -0.2) is 53.7 Å². The normalized spacial score (nSPS) is 30.6. The summed E-state index contributed by atoms with van der Waals surface area (Å²) in [6, 6.07) is 0. The first-order chi connectivity index (χ1) is 6.06. The highest BCUT2D eigenvalue weighted by atomic mass is 35.5. The van der Waals surface area contributed by atoms with E-state index in [0.717, 1.165) is 0 Å². The van der Waals surface area contributed by atoms with Crippen molar-refractivity contribution in [2.24, 2.45) is 0 Å². The highest BCUT2D eigenvalue weighted by molar-refractivity contribution is 6.30. The van der Waals surface area contributed by atoms with Crippen molar-refractivity contribution in [1.29, 1.82) is 0 Å². The number of ether oxygens (including phenoxy) is 1. The number of likely N-dealkylation sites (tertiary alicyclic amines) is 1. The predicted molar refractivity (Wildman–Crippen MR) is 48.7 cm³/mol. The van der Waals surface area contributed by atoms with Crippen LogP contribution in [-0.2, 0) is 9.53 Å². The van der Waals surface area contributed by atoms with Crippen LogP contribution in [0, 0.1) is 0 Å². The molecule has 1 N–H and O–H groups in total. The van der Waals surface area contributed by atoms with E-state index in [1.807, 2.05) is 0 Å². The Bertz CT molecular complexity index is 198. The fourth-order valence-electron chi connectivity index (χ4n) is 1.42. The summed E-state index contributed by atoms with van der Waals surface area (Å²) in [4.78, 5) is 12.9. The quantitative estimate of drug-likeness (QED) is 0.640. The first-order valence-electron chi connectivity index (χ1n) is 4.20. The number of halogens is 1. The van der Waals surface area contributed by atoms with Gasteiger partial charge in [-0.2, -0.15) is 0 Å². The molecule has 5 heteroatoms. The Kier molecular flexibility index (Phi) is 3.53. The molecule has 1 aliphatic rings. The fourth-order valence-corrected chi connectivity index (χ4v) is 1.56. The highest BCUT2D eigenvalue weighted by Crippen LogP contribution is 2.15. The van der Waals surface area contributed by atoms with Crippen LogP contribution >= 0.6 is 11.6 Å². The van der Waals surface area contributed by atoms with Crippen molar-refractivity contribution in [3.8, 4) is 0 Å². The molecule has 1 rings (SSSR count). The Hall–Kier alpha value is -0.320. The van der Waals surface area contributed by atoms with Gasteiger partial charge < -0.3 is 14.7 Å². The number of rotatable bonds is 2. The molecule has 0 spiro atoms. The monoisotopic (exact) mass is 207 g/mol. The van der Waals surface area contributed by atoms with Crippen molar-refractivity contribution in [2.45, 2.75) is 24.5 Å². The van der Waals surface area contributed by atoms with Gasteiger partial charge in [-0.3, -0.25) is 4.79 Å². The van der Waals surface area contributed by atoms with E-state index in [-0.39, 0.29) is 12.0 Å². The second-order valence-corrected chi connectivity index (χ2v) is 3.86. The zero-order chi connectivity index (χ0) is 10.0. The van der Waals surface area contributed by atoms with Gasteiger partial charge in [0.25, 0.3) is 0 Å². The molecule has 0 bridgehead atoms. The minimum atomic E-state index is -0.593. The predicted octanol–water partition coefficient (Wildman–Crippen LogP) is -0.168. The molecule has 0 aromatic rings. The highest BCUT2D eigenvalue weighted by Gasteiger charge is 2.34. The molecule has 1 heterocycles. The van der Waals surface area contributed by atoms with Crippen LogP contribution in [0.3, 0.4) is 0 Å². The van der Waals surface area contributed by atoms with Gasteiger partial charge in [-0.05, 0) is 6.92 Å². The van der Waals surface area contributed by atoms with Crippen LogP contribution in [0.5, 0.6) is 0 Å². The standard InChI is InChI=1S/C8H14ClNO3/c1-5(9)8(12)10-3-6(11)7(4-10)13-2/h5-7,11H,3-4H2,1-2H3/t5-,6-,7-/m1/s1. The summed E-state index contributed by atoms with van der Waals surface area (Å²) >= 11 is 5.63. The summed E-state index contributed by atoms with van der Waals surface area (Å²) in [6.45, 7) is 2.36. The molecule has 3 atom stereocenters. The number of aliphatic hydroxyl groups is 1. The van der Waals surface area contributed by atoms with Gasteiger partial charge in [-0.1, -0.05) is 0 Å². The Morgan fingerprint density at radius 2 is 2.31 bits per heavy atom. The van der Waals surface area contributed by atoms with Crippen molar-refractivity contribution in [3.63, 3.8) is 0 Å². The maximum atomic E-state index is 11.4. The zero-order valence-corrected chi connectivity index (χ0v) is 8.49. The third-order valence-corrected chi connectivity index (χ3v) is 2.38. The molecule has 0 saturated carbocycles. The van der Waals surface area contributed by atoms with E-state index in [1.165, 1.54) is 12.0 Å². The van der Waals surface area contributed by atoms with Gasteiger partial charge in [0, 0.05) is 20.2 Å². The number of hydrogen-bond acceptors (Lipinski definition) is 3. The Labute approximate surface area is 82.4 Å². The van der Waals surface area contributed by atoms with Crippen molar-refractivity contribution >= 4 is 17.5 Å². The van der Waals surface area contributed by atoms with Gasteiger partial charge in [0.15, 0.2) is 0 Å². The Morgan fingerprint density at radius 3 is 2.69 bits per heavy atom. The zero-order valence-electron chi connectivity index (χ0n) is 7.74. The van der Waals surface area contributed by atoms with E-state index < -0.39 is 11.5 Å². The van der Waals surface area contributed by atoms with Crippen LogP contribution in [0.2, 0.25) is 0 Å². The van der Waals surface area contributed by atoms with Crippen LogP contribution in [0.25, 0.3) is 0 Å². The van der Waals surface area contributed by atoms with Gasteiger partial charge in [0.05, 0.1) is 6.10 Å². The first-order valence-corrected chi connectivity index (χ1v) is 4.63. The molecule has 1 saturated heterocycles. The lowest BCUT2D eigenvalue weighted by Crippen LogP contribution is -2.34. The molecule has 4 nitrogen and oxygen atoms in total. The van der Waals surface area contributed by atoms with Crippen LogP contribution < -0.4 is 0 Å². The molecule has 76 valence electrons. The number of amides is 1. The Balaban J connectivity index is 2.53. The van der Waals surface area contributed by atoms with Crippen molar-refractivity contribution in [1.82, 2.24) is 4.90 Å². The van der Waals surface area contributed by atoms with Gasteiger partial charge in [0.2, 0.25) is 5.91 Å².